The molecular formula is C20H25N3O2. The van der Waals surface area contributed by atoms with Gasteiger partial charge in [0, 0.05) is 23.9 Å². The molecule has 1 fully saturated rings. The van der Waals surface area contributed by atoms with E-state index in [1.54, 1.807) is 0 Å². The lowest BCUT2D eigenvalue weighted by atomic mass is 10.0. The molecule has 2 aromatic rings. The van der Waals surface area contributed by atoms with Gasteiger partial charge in [-0.3, -0.25) is 0 Å². The second-order valence-corrected chi connectivity index (χ2v) is 7.04. The molecule has 1 saturated heterocycles. The Kier molecular flexibility index (Phi) is 5.02. The minimum Gasteiger partial charge on any atom is -0.480 e. The molecule has 5 heteroatoms. The molecule has 0 saturated carbocycles. The molecule has 1 aromatic carbocycles. The smallest absolute Gasteiger partial charge is 0.326 e. The summed E-state index contributed by atoms with van der Waals surface area (Å²) in [4.78, 5) is 23.0. The molecule has 1 aliphatic heterocycles. The summed E-state index contributed by atoms with van der Waals surface area (Å²) in [6.07, 6.45) is 2.60. The van der Waals surface area contributed by atoms with Crippen LogP contribution in [0.3, 0.4) is 0 Å². The number of carboxylic acids is 1. The summed E-state index contributed by atoms with van der Waals surface area (Å²) in [6.45, 7) is 6.95. The van der Waals surface area contributed by atoms with Gasteiger partial charge in [0.1, 0.15) is 11.9 Å². The van der Waals surface area contributed by atoms with Crippen molar-refractivity contribution in [3.05, 3.63) is 41.6 Å². The van der Waals surface area contributed by atoms with Gasteiger partial charge < -0.3 is 10.0 Å². The topological polar surface area (TPSA) is 66.3 Å². The van der Waals surface area contributed by atoms with Crippen LogP contribution in [-0.4, -0.2) is 33.6 Å². The van der Waals surface area contributed by atoms with E-state index in [-0.39, 0.29) is 5.92 Å². The standard InChI is InChI=1S/C20H25N3O2/c1-13(2)16-12-18(23-11-5-4-6-17(23)20(24)25)22-19(21-16)15-9-7-14(3)8-10-15/h7-10,12-13,17H,4-6,11H2,1-3H3,(H,24,25). The van der Waals surface area contributed by atoms with E-state index in [0.717, 1.165) is 36.5 Å². The molecule has 0 radical (unpaired) electrons. The maximum absolute atomic E-state index is 11.7. The molecule has 3 rings (SSSR count). The number of aryl methyl sites for hydroxylation is 1. The molecular weight excluding hydrogens is 314 g/mol. The van der Waals surface area contributed by atoms with Crippen molar-refractivity contribution in [2.75, 3.05) is 11.4 Å². The number of nitrogens with zero attached hydrogens (tertiary/aromatic N) is 3. The number of carbonyl (C=O) groups is 1. The highest BCUT2D eigenvalue weighted by molar-refractivity contribution is 5.78. The second kappa shape index (κ2) is 7.21. The zero-order valence-corrected chi connectivity index (χ0v) is 15.1. The highest BCUT2D eigenvalue weighted by atomic mass is 16.4. The van der Waals surface area contributed by atoms with E-state index in [2.05, 4.69) is 13.8 Å². The van der Waals surface area contributed by atoms with Crippen molar-refractivity contribution in [2.24, 2.45) is 0 Å². The number of aliphatic carboxylic acids is 1. The molecule has 0 amide bonds. The van der Waals surface area contributed by atoms with Crippen molar-refractivity contribution in [2.45, 2.75) is 52.0 Å². The minimum atomic E-state index is -0.777. The van der Waals surface area contributed by atoms with Gasteiger partial charge in [-0.05, 0) is 32.1 Å². The number of hydrogen-bond donors (Lipinski definition) is 1. The maximum Gasteiger partial charge on any atom is 0.326 e. The summed E-state index contributed by atoms with van der Waals surface area (Å²) in [5.74, 6) is 0.859. The first-order valence-electron chi connectivity index (χ1n) is 8.91. The van der Waals surface area contributed by atoms with Crippen LogP contribution < -0.4 is 4.90 Å². The van der Waals surface area contributed by atoms with Gasteiger partial charge in [-0.2, -0.15) is 0 Å². The Morgan fingerprint density at radius 3 is 2.56 bits per heavy atom. The first-order valence-corrected chi connectivity index (χ1v) is 8.91. The van der Waals surface area contributed by atoms with E-state index in [1.165, 1.54) is 5.56 Å². The van der Waals surface area contributed by atoms with Crippen LogP contribution in [-0.2, 0) is 4.79 Å². The summed E-state index contributed by atoms with van der Waals surface area (Å²) in [6, 6.07) is 9.56. The van der Waals surface area contributed by atoms with Crippen LogP contribution in [0.5, 0.6) is 0 Å². The Balaban J connectivity index is 2.06. The zero-order valence-electron chi connectivity index (χ0n) is 15.1. The highest BCUT2D eigenvalue weighted by Gasteiger charge is 2.30. The number of benzene rings is 1. The third-order valence-electron chi connectivity index (χ3n) is 4.72. The fraction of sp³-hybridized carbons (Fsp3) is 0.450. The molecule has 5 nitrogen and oxygen atoms in total. The van der Waals surface area contributed by atoms with Gasteiger partial charge in [0.15, 0.2) is 5.82 Å². The predicted octanol–water partition coefficient (Wildman–Crippen LogP) is 4.02. The van der Waals surface area contributed by atoms with Crippen molar-refractivity contribution in [3.63, 3.8) is 0 Å². The van der Waals surface area contributed by atoms with Crippen LogP contribution in [0.15, 0.2) is 30.3 Å². The Morgan fingerprint density at radius 1 is 1.20 bits per heavy atom. The molecule has 0 spiro atoms. The van der Waals surface area contributed by atoms with Gasteiger partial charge in [0.25, 0.3) is 0 Å². The number of aromatic nitrogens is 2. The summed E-state index contributed by atoms with van der Waals surface area (Å²) in [7, 11) is 0. The molecule has 1 aromatic heterocycles. The molecule has 2 heterocycles. The Morgan fingerprint density at radius 2 is 1.92 bits per heavy atom. The van der Waals surface area contributed by atoms with E-state index in [4.69, 9.17) is 9.97 Å². The molecule has 0 aliphatic carbocycles. The predicted molar refractivity (Wildman–Crippen MR) is 98.9 cm³/mol. The molecule has 1 aliphatic rings. The lowest BCUT2D eigenvalue weighted by molar-refractivity contribution is -0.139. The quantitative estimate of drug-likeness (QED) is 0.911. The zero-order chi connectivity index (χ0) is 18.0. The van der Waals surface area contributed by atoms with Gasteiger partial charge in [0.05, 0.1) is 0 Å². The average molecular weight is 339 g/mol. The van der Waals surface area contributed by atoms with Crippen LogP contribution in [0.4, 0.5) is 5.82 Å². The summed E-state index contributed by atoms with van der Waals surface area (Å²) >= 11 is 0. The first-order chi connectivity index (χ1) is 12.0. The largest absolute Gasteiger partial charge is 0.480 e. The Bertz CT molecular complexity index is 756. The maximum atomic E-state index is 11.7. The molecule has 1 atom stereocenters. The third kappa shape index (κ3) is 3.81. The van der Waals surface area contributed by atoms with Crippen molar-refractivity contribution in [1.82, 2.24) is 9.97 Å². The van der Waals surface area contributed by atoms with E-state index < -0.39 is 12.0 Å². The summed E-state index contributed by atoms with van der Waals surface area (Å²) < 4.78 is 0. The van der Waals surface area contributed by atoms with E-state index in [1.807, 2.05) is 42.2 Å². The third-order valence-corrected chi connectivity index (χ3v) is 4.72. The molecule has 132 valence electrons. The highest BCUT2D eigenvalue weighted by Crippen LogP contribution is 2.28. The van der Waals surface area contributed by atoms with Crippen LogP contribution in [0.2, 0.25) is 0 Å². The number of hydrogen-bond acceptors (Lipinski definition) is 4. The normalized spacial score (nSPS) is 17.8. The molecule has 0 bridgehead atoms. The van der Waals surface area contributed by atoms with Gasteiger partial charge in [-0.15, -0.1) is 0 Å². The SMILES string of the molecule is Cc1ccc(-c2nc(C(C)C)cc(N3CCCCC3C(=O)O)n2)cc1. The molecule has 25 heavy (non-hydrogen) atoms. The van der Waals surface area contributed by atoms with Crippen LogP contribution in [0.1, 0.15) is 50.3 Å². The fourth-order valence-electron chi connectivity index (χ4n) is 3.19. The monoisotopic (exact) mass is 339 g/mol. The van der Waals surface area contributed by atoms with Crippen molar-refractivity contribution >= 4 is 11.8 Å². The van der Waals surface area contributed by atoms with Crippen LogP contribution >= 0.6 is 0 Å². The average Bonchev–Trinajstić information content (AvgIpc) is 2.62. The Hall–Kier alpha value is -2.43. The van der Waals surface area contributed by atoms with Gasteiger partial charge in [-0.1, -0.05) is 43.7 Å². The van der Waals surface area contributed by atoms with Crippen molar-refractivity contribution in [1.29, 1.82) is 0 Å². The first kappa shape index (κ1) is 17.4. The van der Waals surface area contributed by atoms with Gasteiger partial charge in [0.2, 0.25) is 0 Å². The fourth-order valence-corrected chi connectivity index (χ4v) is 3.19. The van der Waals surface area contributed by atoms with Crippen molar-refractivity contribution in [3.8, 4) is 11.4 Å². The number of piperidine rings is 1. The number of rotatable bonds is 4. The van der Waals surface area contributed by atoms with E-state index >= 15 is 0 Å². The van der Waals surface area contributed by atoms with Crippen molar-refractivity contribution < 1.29 is 9.90 Å². The summed E-state index contributed by atoms with van der Waals surface area (Å²) in [5.41, 5.74) is 3.08. The van der Waals surface area contributed by atoms with Gasteiger partial charge >= 0.3 is 5.97 Å². The summed E-state index contributed by atoms with van der Waals surface area (Å²) in [5, 5.41) is 9.58. The molecule has 1 N–H and O–H groups in total. The van der Waals surface area contributed by atoms with E-state index in [0.29, 0.717) is 12.2 Å². The van der Waals surface area contributed by atoms with Crippen LogP contribution in [0, 0.1) is 6.92 Å². The second-order valence-electron chi connectivity index (χ2n) is 7.04. The lowest BCUT2D eigenvalue weighted by Crippen LogP contribution is -2.45. The minimum absolute atomic E-state index is 0.249. The molecule has 1 unspecified atom stereocenters. The van der Waals surface area contributed by atoms with Crippen LogP contribution in [0.25, 0.3) is 11.4 Å². The van der Waals surface area contributed by atoms with E-state index in [9.17, 15) is 9.90 Å². The van der Waals surface area contributed by atoms with Gasteiger partial charge in [-0.25, -0.2) is 14.8 Å². The lowest BCUT2D eigenvalue weighted by Gasteiger charge is -2.34. The Labute approximate surface area is 148 Å². The number of anilines is 1. The number of carboxylic acid groups (broad SMARTS) is 1.